The molecule has 2 fully saturated rings. The van der Waals surface area contributed by atoms with Crippen LogP contribution in [0.5, 0.6) is 5.75 Å². The molecule has 0 saturated carbocycles. The molecular weight excluding hydrogens is 661 g/mol. The number of amides is 2. The maximum atomic E-state index is 14.5. The van der Waals surface area contributed by atoms with Crippen molar-refractivity contribution in [3.8, 4) is 5.75 Å². The third-order valence-electron chi connectivity index (χ3n) is 11.6. The Labute approximate surface area is 300 Å². The molecule has 3 N–H and O–H groups in total. The number of hydrogen-bond donors (Lipinski definition) is 3. The largest absolute Gasteiger partial charge is 0.497 e. The number of aliphatic hydroxyl groups excluding tert-OH is 1. The number of aryl methyl sites for hydroxylation is 1. The van der Waals surface area contributed by atoms with Crippen molar-refractivity contribution in [3.05, 3.63) is 95.8 Å². The van der Waals surface area contributed by atoms with Crippen LogP contribution in [0.1, 0.15) is 48.9 Å². The Hall–Kier alpha value is -4.36. The van der Waals surface area contributed by atoms with E-state index in [9.17, 15) is 14.7 Å². The topological polar surface area (TPSA) is 131 Å². The SMILES string of the molecule is COc1ccc([Si](C)(C)[C@@H]2[C@@H](CCn3cc(C(CO)c4ccccc4)nn3)O[C@]3(C(=O)N(C)c4ccc(NC(=O)[C@H]5CCCN5)cc43)[C@H]2C)cc1. The van der Waals surface area contributed by atoms with Crippen LogP contribution in [0.2, 0.25) is 18.6 Å². The Kier molecular flexibility index (Phi) is 9.61. The van der Waals surface area contributed by atoms with E-state index < -0.39 is 13.7 Å². The van der Waals surface area contributed by atoms with Crippen molar-refractivity contribution in [2.45, 2.75) is 75.0 Å². The first-order valence-electron chi connectivity index (χ1n) is 17.9. The monoisotopic (exact) mass is 708 g/mol. The van der Waals surface area contributed by atoms with Gasteiger partial charge in [-0.3, -0.25) is 14.3 Å². The van der Waals surface area contributed by atoms with Crippen LogP contribution >= 0.6 is 0 Å². The summed E-state index contributed by atoms with van der Waals surface area (Å²) in [7, 11) is 1.14. The summed E-state index contributed by atoms with van der Waals surface area (Å²) in [4.78, 5) is 29.4. The molecule has 3 aliphatic heterocycles. The molecule has 0 bridgehead atoms. The lowest BCUT2D eigenvalue weighted by Gasteiger charge is -2.37. The fourth-order valence-corrected chi connectivity index (χ4v) is 12.9. The van der Waals surface area contributed by atoms with Gasteiger partial charge in [0.1, 0.15) is 5.75 Å². The number of fused-ring (bicyclic) bond motifs is 2. The highest BCUT2D eigenvalue weighted by Gasteiger charge is 2.65. The second kappa shape index (κ2) is 14.0. The third kappa shape index (κ3) is 6.17. The van der Waals surface area contributed by atoms with E-state index in [1.54, 1.807) is 12.0 Å². The van der Waals surface area contributed by atoms with Crippen molar-refractivity contribution in [2.24, 2.45) is 5.92 Å². The predicted octanol–water partition coefficient (Wildman–Crippen LogP) is 4.38. The lowest BCUT2D eigenvalue weighted by atomic mass is 9.82. The number of carbonyl (C=O) groups excluding carboxylic acids is 2. The Balaban J connectivity index is 1.23. The molecule has 0 radical (unpaired) electrons. The molecule has 51 heavy (non-hydrogen) atoms. The van der Waals surface area contributed by atoms with Crippen LogP contribution in [-0.4, -0.2) is 79.4 Å². The highest BCUT2D eigenvalue weighted by Crippen LogP contribution is 2.60. The Morgan fingerprint density at radius 3 is 2.61 bits per heavy atom. The standard InChI is InChI=1S/C39H48N6O5Si/c1-25-36(51(4,5)29-16-14-28(49-3)15-17-29)35(19-21-45-23-33(42-43-45)30(24-46)26-10-7-6-8-11-26)50-39(25)31-22-27(13-18-34(31)44(2)38(39)48)41-37(47)32-12-9-20-40-32/h6-8,10-11,13-18,22-23,25,30,32,35-36,40,46H,9,12,19-21,24H2,1-5H3,(H,41,47)/t25-,30?,32+,35+,36-,39+/m0/s1. The lowest BCUT2D eigenvalue weighted by molar-refractivity contribution is -0.145. The zero-order chi connectivity index (χ0) is 35.9. The van der Waals surface area contributed by atoms with E-state index >= 15 is 0 Å². The normalized spacial score (nSPS) is 25.0. The number of methoxy groups -OCH3 is 1. The fraction of sp³-hybridized carbons (Fsp3) is 0.436. The Morgan fingerprint density at radius 1 is 1.16 bits per heavy atom. The second-order valence-electron chi connectivity index (χ2n) is 14.7. The molecule has 268 valence electrons. The molecule has 1 spiro atoms. The molecule has 3 aliphatic rings. The van der Waals surface area contributed by atoms with Crippen molar-refractivity contribution in [1.82, 2.24) is 20.3 Å². The number of aliphatic hydroxyl groups is 1. The van der Waals surface area contributed by atoms with Gasteiger partial charge in [0, 0.05) is 37.0 Å². The average molecular weight is 709 g/mol. The molecule has 0 aliphatic carbocycles. The van der Waals surface area contributed by atoms with Gasteiger partial charge in [0.2, 0.25) is 5.91 Å². The maximum Gasteiger partial charge on any atom is 0.264 e. The molecule has 11 nitrogen and oxygen atoms in total. The number of anilines is 2. The second-order valence-corrected chi connectivity index (χ2v) is 19.4. The molecule has 4 aromatic rings. The van der Waals surface area contributed by atoms with Crippen molar-refractivity contribution >= 4 is 36.4 Å². The van der Waals surface area contributed by atoms with E-state index in [4.69, 9.17) is 9.47 Å². The summed E-state index contributed by atoms with van der Waals surface area (Å²) >= 11 is 0. The summed E-state index contributed by atoms with van der Waals surface area (Å²) in [5.41, 5.74) is 2.76. The number of ether oxygens (including phenoxy) is 2. The number of carbonyl (C=O) groups is 2. The summed E-state index contributed by atoms with van der Waals surface area (Å²) in [6, 6.07) is 23.7. The van der Waals surface area contributed by atoms with E-state index in [2.05, 4.69) is 53.1 Å². The van der Waals surface area contributed by atoms with Crippen LogP contribution in [-0.2, 0) is 26.5 Å². The van der Waals surface area contributed by atoms with Gasteiger partial charge in [0.15, 0.2) is 5.60 Å². The summed E-state index contributed by atoms with van der Waals surface area (Å²) in [6.45, 7) is 8.17. The molecule has 2 saturated heterocycles. The Morgan fingerprint density at radius 2 is 1.92 bits per heavy atom. The first kappa shape index (κ1) is 35.1. The molecule has 12 heteroatoms. The van der Waals surface area contributed by atoms with Crippen molar-refractivity contribution in [2.75, 3.05) is 37.5 Å². The van der Waals surface area contributed by atoms with Gasteiger partial charge in [-0.2, -0.15) is 0 Å². The van der Waals surface area contributed by atoms with Crippen molar-refractivity contribution in [3.63, 3.8) is 0 Å². The van der Waals surface area contributed by atoms with Gasteiger partial charge < -0.3 is 30.1 Å². The minimum Gasteiger partial charge on any atom is -0.497 e. The highest BCUT2D eigenvalue weighted by molar-refractivity contribution is 6.91. The minimum atomic E-state index is -2.34. The van der Waals surface area contributed by atoms with E-state index in [0.717, 1.165) is 42.0 Å². The molecule has 1 aromatic heterocycles. The number of nitrogens with one attached hydrogen (secondary N) is 2. The van der Waals surface area contributed by atoms with E-state index in [0.29, 0.717) is 24.3 Å². The van der Waals surface area contributed by atoms with Gasteiger partial charge in [-0.05, 0) is 67.2 Å². The Bertz CT molecular complexity index is 1880. The number of aromatic nitrogens is 3. The number of likely N-dealkylation sites (N-methyl/N-ethyl adjacent to an activating group) is 1. The first-order valence-corrected chi connectivity index (χ1v) is 21.0. The summed E-state index contributed by atoms with van der Waals surface area (Å²) < 4.78 is 14.5. The minimum absolute atomic E-state index is 0.0487. The quantitative estimate of drug-likeness (QED) is 0.196. The number of nitrogens with zero attached hydrogens (tertiary/aromatic N) is 4. The van der Waals surface area contributed by atoms with Gasteiger partial charge in [0.05, 0.1) is 51.2 Å². The van der Waals surface area contributed by atoms with Crippen LogP contribution in [0.4, 0.5) is 11.4 Å². The van der Waals surface area contributed by atoms with Crippen LogP contribution in [0.15, 0.2) is 79.0 Å². The maximum absolute atomic E-state index is 14.5. The molecule has 1 unspecified atom stereocenters. The molecule has 3 aromatic carbocycles. The van der Waals surface area contributed by atoms with Crippen LogP contribution in [0.3, 0.4) is 0 Å². The van der Waals surface area contributed by atoms with Gasteiger partial charge in [-0.15, -0.1) is 5.10 Å². The van der Waals surface area contributed by atoms with Crippen LogP contribution in [0.25, 0.3) is 0 Å². The van der Waals surface area contributed by atoms with Crippen molar-refractivity contribution in [1.29, 1.82) is 0 Å². The van der Waals surface area contributed by atoms with Crippen LogP contribution < -0.4 is 25.5 Å². The highest BCUT2D eigenvalue weighted by atomic mass is 28.3. The first-order chi connectivity index (χ1) is 24.6. The van der Waals surface area contributed by atoms with E-state index in [-0.39, 0.29) is 47.9 Å². The number of hydrogen-bond acceptors (Lipinski definition) is 8. The summed E-state index contributed by atoms with van der Waals surface area (Å²) in [5, 5.41) is 26.8. The molecule has 6 atom stereocenters. The average Bonchev–Trinajstić information content (AvgIpc) is 3.94. The van der Waals surface area contributed by atoms with E-state index in [1.165, 1.54) is 5.19 Å². The molecular formula is C39H48N6O5Si. The number of benzene rings is 3. The molecule has 2 amide bonds. The van der Waals surface area contributed by atoms with Gasteiger partial charge in [-0.1, -0.05) is 72.9 Å². The third-order valence-corrected chi connectivity index (χ3v) is 15.9. The summed E-state index contributed by atoms with van der Waals surface area (Å²) in [5.74, 6) is 0.200. The van der Waals surface area contributed by atoms with Crippen molar-refractivity contribution < 1.29 is 24.2 Å². The van der Waals surface area contributed by atoms with Gasteiger partial charge >= 0.3 is 0 Å². The number of rotatable bonds is 11. The summed E-state index contributed by atoms with van der Waals surface area (Å²) in [6.07, 6.45) is 4.01. The van der Waals surface area contributed by atoms with E-state index in [1.807, 2.05) is 78.6 Å². The zero-order valence-corrected chi connectivity index (χ0v) is 31.0. The molecule has 4 heterocycles. The van der Waals surface area contributed by atoms with Gasteiger partial charge in [-0.25, -0.2) is 0 Å². The fourth-order valence-electron chi connectivity index (χ4n) is 8.80. The van der Waals surface area contributed by atoms with Crippen LogP contribution in [0, 0.1) is 5.92 Å². The molecule has 7 rings (SSSR count). The smallest absolute Gasteiger partial charge is 0.264 e. The predicted molar refractivity (Wildman–Crippen MR) is 199 cm³/mol. The lowest BCUT2D eigenvalue weighted by Crippen LogP contribution is -2.51. The van der Waals surface area contributed by atoms with Gasteiger partial charge in [0.25, 0.3) is 5.91 Å². The zero-order valence-electron chi connectivity index (χ0n) is 30.0.